The molecule has 0 aliphatic carbocycles. The molecular weight excluding hydrogens is 370 g/mol. The molecule has 0 bridgehead atoms. The highest BCUT2D eigenvalue weighted by atomic mass is 16.7. The summed E-state index contributed by atoms with van der Waals surface area (Å²) in [4.78, 5) is 19.8. The summed E-state index contributed by atoms with van der Waals surface area (Å²) >= 11 is 0. The number of methoxy groups -OCH3 is 1. The third kappa shape index (κ3) is 2.81. The van der Waals surface area contributed by atoms with E-state index >= 15 is 0 Å². The molecular formula is C22H21N3O4. The third-order valence-corrected chi connectivity index (χ3v) is 5.45. The van der Waals surface area contributed by atoms with Crippen LogP contribution in [0.3, 0.4) is 0 Å². The maximum absolute atomic E-state index is 13.5. The van der Waals surface area contributed by atoms with Gasteiger partial charge in [-0.1, -0.05) is 6.07 Å². The van der Waals surface area contributed by atoms with Gasteiger partial charge in [0.15, 0.2) is 11.5 Å². The average Bonchev–Trinajstić information content (AvgIpc) is 3.27. The number of ether oxygens (including phenoxy) is 3. The zero-order valence-corrected chi connectivity index (χ0v) is 16.3. The molecule has 148 valence electrons. The van der Waals surface area contributed by atoms with E-state index in [2.05, 4.69) is 10.3 Å². The van der Waals surface area contributed by atoms with Crippen molar-refractivity contribution in [3.63, 3.8) is 0 Å². The summed E-state index contributed by atoms with van der Waals surface area (Å²) in [6.07, 6.45) is 0. The second-order valence-electron chi connectivity index (χ2n) is 7.08. The molecule has 7 nitrogen and oxygen atoms in total. The lowest BCUT2D eigenvalue weighted by Crippen LogP contribution is -2.30. The molecule has 1 unspecified atom stereocenters. The molecule has 3 aliphatic rings. The number of aliphatic imine (C=N–C) groups is 1. The molecule has 1 fully saturated rings. The van der Waals surface area contributed by atoms with Crippen LogP contribution in [0.15, 0.2) is 58.7 Å². The lowest BCUT2D eigenvalue weighted by atomic mass is 9.96. The number of benzene rings is 2. The van der Waals surface area contributed by atoms with Gasteiger partial charge in [-0.05, 0) is 48.9 Å². The van der Waals surface area contributed by atoms with Gasteiger partial charge in [-0.2, -0.15) is 0 Å². The molecule has 2 aromatic carbocycles. The fraction of sp³-hybridized carbons (Fsp3) is 0.273. The van der Waals surface area contributed by atoms with Crippen LogP contribution >= 0.6 is 0 Å². The zero-order chi connectivity index (χ0) is 20.0. The first-order valence-electron chi connectivity index (χ1n) is 9.54. The number of allylic oxidation sites excluding steroid dienone is 1. The summed E-state index contributed by atoms with van der Waals surface area (Å²) in [7, 11) is 1.62. The monoisotopic (exact) mass is 391 g/mol. The Hall–Kier alpha value is -3.48. The molecule has 3 heterocycles. The number of carbonyl (C=O) groups excluding carboxylic acids is 1. The van der Waals surface area contributed by atoms with Crippen molar-refractivity contribution in [2.75, 3.05) is 31.9 Å². The van der Waals surface area contributed by atoms with Gasteiger partial charge in [-0.3, -0.25) is 14.7 Å². The van der Waals surface area contributed by atoms with Crippen molar-refractivity contribution in [3.05, 3.63) is 59.3 Å². The number of anilines is 1. The van der Waals surface area contributed by atoms with E-state index in [0.29, 0.717) is 30.3 Å². The highest BCUT2D eigenvalue weighted by molar-refractivity contribution is 6.53. The standard InChI is InChI=1S/C22H21N3O4/c1-13-19-20(24-10-9-23-13)22(26)25(15-4-6-16(27-2)7-5-15)21(19)14-3-8-17-18(11-14)29-12-28-17/h3-8,11,21,23H,9-10,12H2,1-2H3. The molecule has 2 aromatic rings. The van der Waals surface area contributed by atoms with Crippen molar-refractivity contribution in [3.8, 4) is 17.2 Å². The van der Waals surface area contributed by atoms with Crippen LogP contribution in [0.5, 0.6) is 17.2 Å². The summed E-state index contributed by atoms with van der Waals surface area (Å²) in [5.74, 6) is 2.04. The fourth-order valence-corrected chi connectivity index (χ4v) is 4.06. The molecule has 29 heavy (non-hydrogen) atoms. The Morgan fingerprint density at radius 1 is 1.14 bits per heavy atom. The number of carbonyl (C=O) groups is 1. The van der Waals surface area contributed by atoms with E-state index in [0.717, 1.165) is 28.3 Å². The first kappa shape index (κ1) is 17.6. The first-order chi connectivity index (χ1) is 14.2. The lowest BCUT2D eigenvalue weighted by molar-refractivity contribution is -0.112. The zero-order valence-electron chi connectivity index (χ0n) is 16.3. The van der Waals surface area contributed by atoms with E-state index < -0.39 is 0 Å². The molecule has 5 rings (SSSR count). The minimum atomic E-state index is -0.310. The van der Waals surface area contributed by atoms with Gasteiger partial charge >= 0.3 is 0 Å². The summed E-state index contributed by atoms with van der Waals surface area (Å²) < 4.78 is 16.3. The fourth-order valence-electron chi connectivity index (χ4n) is 4.06. The van der Waals surface area contributed by atoms with Gasteiger partial charge in [0.25, 0.3) is 5.91 Å². The van der Waals surface area contributed by atoms with Crippen LogP contribution in [0.4, 0.5) is 5.69 Å². The van der Waals surface area contributed by atoms with Gasteiger partial charge in [0.1, 0.15) is 11.5 Å². The number of amides is 1. The number of rotatable bonds is 3. The van der Waals surface area contributed by atoms with Gasteiger partial charge in [-0.25, -0.2) is 0 Å². The SMILES string of the molecule is COc1ccc(N2C(=O)C3=NCCNC(C)=C3C2c2ccc3c(c2)OCO3)cc1. The normalized spacial score (nSPS) is 20.2. The average molecular weight is 391 g/mol. The van der Waals surface area contributed by atoms with E-state index in [4.69, 9.17) is 14.2 Å². The highest BCUT2D eigenvalue weighted by Crippen LogP contribution is 2.44. The number of nitrogens with zero attached hydrogens (tertiary/aromatic N) is 2. The van der Waals surface area contributed by atoms with Crippen molar-refractivity contribution < 1.29 is 19.0 Å². The number of hydrogen-bond donors (Lipinski definition) is 1. The lowest BCUT2D eigenvalue weighted by Gasteiger charge is -2.26. The topological polar surface area (TPSA) is 72.4 Å². The van der Waals surface area contributed by atoms with Gasteiger partial charge in [0, 0.05) is 23.5 Å². The summed E-state index contributed by atoms with van der Waals surface area (Å²) in [5, 5.41) is 3.39. The highest BCUT2D eigenvalue weighted by Gasteiger charge is 2.44. The third-order valence-electron chi connectivity index (χ3n) is 5.45. The quantitative estimate of drug-likeness (QED) is 0.871. The van der Waals surface area contributed by atoms with Crippen LogP contribution in [0.25, 0.3) is 0 Å². The Bertz CT molecular complexity index is 1040. The Balaban J connectivity index is 1.68. The molecule has 0 saturated carbocycles. The molecule has 3 aliphatic heterocycles. The van der Waals surface area contributed by atoms with Crippen LogP contribution < -0.4 is 24.4 Å². The second kappa shape index (κ2) is 6.84. The molecule has 0 aromatic heterocycles. The predicted octanol–water partition coefficient (Wildman–Crippen LogP) is 2.83. The van der Waals surface area contributed by atoms with E-state index in [1.807, 2.05) is 49.4 Å². The van der Waals surface area contributed by atoms with Crippen molar-refractivity contribution in [2.24, 2.45) is 4.99 Å². The van der Waals surface area contributed by atoms with Crippen molar-refractivity contribution in [1.29, 1.82) is 0 Å². The molecule has 1 N–H and O–H groups in total. The van der Waals surface area contributed by atoms with Crippen molar-refractivity contribution >= 4 is 17.3 Å². The van der Waals surface area contributed by atoms with Crippen LogP contribution in [-0.2, 0) is 4.79 Å². The molecule has 7 heteroatoms. The van der Waals surface area contributed by atoms with Crippen LogP contribution in [-0.4, -0.2) is 38.6 Å². The maximum Gasteiger partial charge on any atom is 0.277 e. The van der Waals surface area contributed by atoms with Gasteiger partial charge in [0.05, 0.1) is 19.7 Å². The molecule has 0 spiro atoms. The van der Waals surface area contributed by atoms with E-state index in [-0.39, 0.29) is 18.7 Å². The predicted molar refractivity (Wildman–Crippen MR) is 109 cm³/mol. The Labute approximate surface area is 168 Å². The van der Waals surface area contributed by atoms with E-state index in [1.54, 1.807) is 12.0 Å². The minimum absolute atomic E-state index is 0.101. The molecule has 0 radical (unpaired) electrons. The van der Waals surface area contributed by atoms with Crippen LogP contribution in [0.2, 0.25) is 0 Å². The van der Waals surface area contributed by atoms with Gasteiger partial charge < -0.3 is 19.5 Å². The van der Waals surface area contributed by atoms with Gasteiger partial charge in [0.2, 0.25) is 6.79 Å². The van der Waals surface area contributed by atoms with E-state index in [1.165, 1.54) is 0 Å². The first-order valence-corrected chi connectivity index (χ1v) is 9.54. The molecule has 1 saturated heterocycles. The Morgan fingerprint density at radius 2 is 1.93 bits per heavy atom. The number of nitrogens with one attached hydrogen (secondary N) is 1. The van der Waals surface area contributed by atoms with Crippen molar-refractivity contribution in [1.82, 2.24) is 5.32 Å². The molecule has 1 amide bonds. The second-order valence-corrected chi connectivity index (χ2v) is 7.08. The summed E-state index contributed by atoms with van der Waals surface area (Å²) in [6, 6.07) is 13.0. The number of fused-ring (bicyclic) bond motifs is 2. The summed E-state index contributed by atoms with van der Waals surface area (Å²) in [5.41, 5.74) is 4.12. The Kier molecular flexibility index (Phi) is 4.16. The number of hydrogen-bond acceptors (Lipinski definition) is 6. The molecule has 1 atom stereocenters. The van der Waals surface area contributed by atoms with E-state index in [9.17, 15) is 4.79 Å². The summed E-state index contributed by atoms with van der Waals surface area (Å²) in [6.45, 7) is 3.48. The Morgan fingerprint density at radius 3 is 2.72 bits per heavy atom. The maximum atomic E-state index is 13.5. The van der Waals surface area contributed by atoms with Crippen LogP contribution in [0.1, 0.15) is 18.5 Å². The van der Waals surface area contributed by atoms with Gasteiger partial charge in [-0.15, -0.1) is 0 Å². The largest absolute Gasteiger partial charge is 0.497 e. The van der Waals surface area contributed by atoms with Crippen LogP contribution in [0, 0.1) is 0 Å². The smallest absolute Gasteiger partial charge is 0.277 e. The van der Waals surface area contributed by atoms with Crippen molar-refractivity contribution in [2.45, 2.75) is 13.0 Å². The minimum Gasteiger partial charge on any atom is -0.497 e.